The highest BCUT2D eigenvalue weighted by Gasteiger charge is 2.26. The number of nitrogens with one attached hydrogen (secondary N) is 1. The Morgan fingerprint density at radius 2 is 1.93 bits per heavy atom. The lowest BCUT2D eigenvalue weighted by Gasteiger charge is -2.11. The summed E-state index contributed by atoms with van der Waals surface area (Å²) in [6, 6.07) is 0. The molecule has 1 aliphatic rings. The number of aromatic nitrogens is 2. The molecule has 0 atom stereocenters. The number of nitrogens with zero attached hydrogens (tertiary/aromatic N) is 2. The minimum atomic E-state index is -0.335. The van der Waals surface area contributed by atoms with E-state index in [9.17, 15) is 9.59 Å². The lowest BCUT2D eigenvalue weighted by molar-refractivity contribution is -0.113. The standard InChI is InChI=1S/C18H23N3O3S3/c1-3-24-17(23)15-12-8-6-4-5-7-9-13(12)27-16(15)19-14(22)10-25-18-21-20-11(2)26-18/h3-10H2,1-2H3,(H,19,22). The topological polar surface area (TPSA) is 81.2 Å². The van der Waals surface area contributed by atoms with Gasteiger partial charge in [0.2, 0.25) is 5.91 Å². The molecule has 3 rings (SSSR count). The minimum absolute atomic E-state index is 0.146. The van der Waals surface area contributed by atoms with Crippen LogP contribution in [0.3, 0.4) is 0 Å². The molecule has 0 fully saturated rings. The number of thiophene rings is 1. The highest BCUT2D eigenvalue weighted by Crippen LogP contribution is 2.37. The molecule has 0 unspecified atom stereocenters. The molecule has 0 aliphatic heterocycles. The summed E-state index contributed by atoms with van der Waals surface area (Å²) < 4.78 is 6.04. The molecular formula is C18H23N3O3S3. The second-order valence-electron chi connectivity index (χ2n) is 6.27. The van der Waals surface area contributed by atoms with Crippen LogP contribution in [-0.4, -0.2) is 34.4 Å². The first-order chi connectivity index (χ1) is 13.1. The van der Waals surface area contributed by atoms with Gasteiger partial charge in [-0.2, -0.15) is 0 Å². The maximum Gasteiger partial charge on any atom is 0.341 e. The molecule has 2 heterocycles. The van der Waals surface area contributed by atoms with Crippen LogP contribution < -0.4 is 5.32 Å². The Labute approximate surface area is 171 Å². The van der Waals surface area contributed by atoms with Gasteiger partial charge < -0.3 is 10.1 Å². The minimum Gasteiger partial charge on any atom is -0.462 e. The van der Waals surface area contributed by atoms with Crippen LogP contribution >= 0.6 is 34.4 Å². The third kappa shape index (κ3) is 5.30. The van der Waals surface area contributed by atoms with Gasteiger partial charge in [0.25, 0.3) is 0 Å². The van der Waals surface area contributed by atoms with Crippen molar-refractivity contribution in [1.29, 1.82) is 0 Å². The van der Waals surface area contributed by atoms with Gasteiger partial charge in [0, 0.05) is 4.88 Å². The zero-order valence-corrected chi connectivity index (χ0v) is 18.0. The number of anilines is 1. The van der Waals surface area contributed by atoms with E-state index in [1.54, 1.807) is 6.92 Å². The normalized spacial score (nSPS) is 14.1. The molecular weight excluding hydrogens is 402 g/mol. The quantitative estimate of drug-likeness (QED) is 0.543. The van der Waals surface area contributed by atoms with Crippen LogP contribution in [0.15, 0.2) is 4.34 Å². The van der Waals surface area contributed by atoms with Gasteiger partial charge in [-0.3, -0.25) is 4.79 Å². The number of ether oxygens (including phenoxy) is 1. The maximum atomic E-state index is 12.6. The highest BCUT2D eigenvalue weighted by molar-refractivity contribution is 8.01. The predicted molar refractivity (Wildman–Crippen MR) is 110 cm³/mol. The molecule has 6 nitrogen and oxygen atoms in total. The predicted octanol–water partition coefficient (Wildman–Crippen LogP) is 4.47. The average Bonchev–Trinajstić information content (AvgIpc) is 3.17. The van der Waals surface area contributed by atoms with Crippen LogP contribution in [0.1, 0.15) is 58.4 Å². The summed E-state index contributed by atoms with van der Waals surface area (Å²) in [4.78, 5) is 26.2. The first kappa shape index (κ1) is 20.3. The van der Waals surface area contributed by atoms with Gasteiger partial charge in [0.1, 0.15) is 10.0 Å². The number of esters is 1. The first-order valence-corrected chi connectivity index (χ1v) is 11.7. The number of fused-ring (bicyclic) bond motifs is 1. The van der Waals surface area contributed by atoms with Gasteiger partial charge >= 0.3 is 5.97 Å². The molecule has 0 spiro atoms. The van der Waals surface area contributed by atoms with E-state index < -0.39 is 0 Å². The van der Waals surface area contributed by atoms with Gasteiger partial charge in [0.05, 0.1) is 17.9 Å². The van der Waals surface area contributed by atoms with Gasteiger partial charge in [-0.1, -0.05) is 35.9 Å². The zero-order valence-electron chi connectivity index (χ0n) is 15.5. The van der Waals surface area contributed by atoms with Crippen molar-refractivity contribution in [1.82, 2.24) is 10.2 Å². The number of carbonyl (C=O) groups is 2. The molecule has 1 amide bonds. The van der Waals surface area contributed by atoms with E-state index in [4.69, 9.17) is 4.74 Å². The van der Waals surface area contributed by atoms with E-state index >= 15 is 0 Å². The van der Waals surface area contributed by atoms with E-state index in [0.29, 0.717) is 17.2 Å². The van der Waals surface area contributed by atoms with Crippen LogP contribution in [-0.2, 0) is 22.4 Å². The highest BCUT2D eigenvalue weighted by atomic mass is 32.2. The summed E-state index contributed by atoms with van der Waals surface area (Å²) >= 11 is 4.35. The van der Waals surface area contributed by atoms with E-state index in [2.05, 4.69) is 15.5 Å². The van der Waals surface area contributed by atoms with Crippen molar-refractivity contribution < 1.29 is 14.3 Å². The van der Waals surface area contributed by atoms with Gasteiger partial charge in [-0.25, -0.2) is 4.79 Å². The second-order valence-corrected chi connectivity index (χ2v) is 9.78. The Morgan fingerprint density at radius 1 is 1.15 bits per heavy atom. The largest absolute Gasteiger partial charge is 0.462 e. The van der Waals surface area contributed by atoms with Crippen molar-refractivity contribution in [2.24, 2.45) is 0 Å². The van der Waals surface area contributed by atoms with Crippen molar-refractivity contribution in [3.05, 3.63) is 21.0 Å². The summed E-state index contributed by atoms with van der Waals surface area (Å²) in [6.45, 7) is 4.00. The lowest BCUT2D eigenvalue weighted by atomic mass is 9.96. The summed E-state index contributed by atoms with van der Waals surface area (Å²) in [5.74, 6) is -0.245. The number of rotatable bonds is 6. The first-order valence-electron chi connectivity index (χ1n) is 9.13. The molecule has 1 N–H and O–H groups in total. The molecule has 146 valence electrons. The Kier molecular flexibility index (Phi) is 7.26. The Balaban J connectivity index is 1.77. The molecule has 27 heavy (non-hydrogen) atoms. The molecule has 0 radical (unpaired) electrons. The molecule has 0 saturated heterocycles. The number of hydrogen-bond donors (Lipinski definition) is 1. The SMILES string of the molecule is CCOC(=O)c1c(NC(=O)CSc2nnc(C)s2)sc2c1CCCCCC2. The lowest BCUT2D eigenvalue weighted by Crippen LogP contribution is -2.17. The van der Waals surface area contributed by atoms with E-state index in [1.807, 2.05) is 6.92 Å². The van der Waals surface area contributed by atoms with Crippen LogP contribution in [0.5, 0.6) is 0 Å². The summed E-state index contributed by atoms with van der Waals surface area (Å²) in [5.41, 5.74) is 1.63. The number of amides is 1. The average molecular weight is 426 g/mol. The van der Waals surface area contributed by atoms with E-state index in [1.165, 1.54) is 52.2 Å². The van der Waals surface area contributed by atoms with Crippen LogP contribution in [0, 0.1) is 6.92 Å². The molecule has 1 aliphatic carbocycles. The van der Waals surface area contributed by atoms with Crippen LogP contribution in [0.25, 0.3) is 0 Å². The zero-order chi connectivity index (χ0) is 19.2. The van der Waals surface area contributed by atoms with Crippen LogP contribution in [0.4, 0.5) is 5.00 Å². The number of hydrogen-bond acceptors (Lipinski definition) is 8. The summed E-state index contributed by atoms with van der Waals surface area (Å²) in [7, 11) is 0. The van der Waals surface area contributed by atoms with Crippen molar-refractivity contribution in [3.8, 4) is 0 Å². The van der Waals surface area contributed by atoms with E-state index in [0.717, 1.165) is 40.6 Å². The van der Waals surface area contributed by atoms with Crippen molar-refractivity contribution in [2.75, 3.05) is 17.7 Å². The Hall–Kier alpha value is -1.45. The van der Waals surface area contributed by atoms with Crippen molar-refractivity contribution >= 4 is 51.3 Å². The number of thioether (sulfide) groups is 1. The third-order valence-corrected chi connectivity index (χ3v) is 7.42. The van der Waals surface area contributed by atoms with Gasteiger partial charge in [-0.15, -0.1) is 21.5 Å². The van der Waals surface area contributed by atoms with Gasteiger partial charge in [0.15, 0.2) is 4.34 Å². The van der Waals surface area contributed by atoms with Gasteiger partial charge in [-0.05, 0) is 45.1 Å². The second kappa shape index (κ2) is 9.66. The van der Waals surface area contributed by atoms with Crippen molar-refractivity contribution in [2.45, 2.75) is 56.7 Å². The van der Waals surface area contributed by atoms with Crippen LogP contribution in [0.2, 0.25) is 0 Å². The summed E-state index contributed by atoms with van der Waals surface area (Å²) in [5, 5.41) is 12.4. The molecule has 2 aromatic rings. The fraction of sp³-hybridized carbons (Fsp3) is 0.556. The monoisotopic (exact) mass is 425 g/mol. The summed E-state index contributed by atoms with van der Waals surface area (Å²) in [6.07, 6.45) is 6.41. The van der Waals surface area contributed by atoms with E-state index in [-0.39, 0.29) is 17.6 Å². The third-order valence-electron chi connectivity index (χ3n) is 4.24. The molecule has 0 saturated carbocycles. The Morgan fingerprint density at radius 3 is 2.63 bits per heavy atom. The fourth-order valence-electron chi connectivity index (χ4n) is 3.05. The molecule has 0 bridgehead atoms. The Bertz CT molecular complexity index is 816. The molecule has 9 heteroatoms. The smallest absolute Gasteiger partial charge is 0.341 e. The number of aryl methyl sites for hydroxylation is 2. The van der Waals surface area contributed by atoms with Crippen molar-refractivity contribution in [3.63, 3.8) is 0 Å². The number of carbonyl (C=O) groups excluding carboxylic acids is 2. The molecule has 2 aromatic heterocycles. The molecule has 0 aromatic carbocycles. The maximum absolute atomic E-state index is 12.6. The fourth-order valence-corrected chi connectivity index (χ4v) is 5.96.